The Hall–Kier alpha value is -4.86. The quantitative estimate of drug-likeness (QED) is 0.258. The number of hydrogen-bond acceptors (Lipinski definition) is 7. The zero-order valence-electron chi connectivity index (χ0n) is 22.6. The second-order valence-electron chi connectivity index (χ2n) is 9.45. The smallest absolute Gasteiger partial charge is 0.404 e. The maximum atomic E-state index is 13.6. The second kappa shape index (κ2) is 12.8. The van der Waals surface area contributed by atoms with Crippen LogP contribution in [0, 0.1) is 6.92 Å². The van der Waals surface area contributed by atoms with Crippen LogP contribution >= 0.6 is 0 Å². The fraction of sp³-hybridized carbons (Fsp3) is 0.267. The minimum Gasteiger partial charge on any atom is -0.497 e. The first-order chi connectivity index (χ1) is 19.2. The van der Waals surface area contributed by atoms with Crippen LogP contribution in [0.25, 0.3) is 10.9 Å². The number of anilines is 1. The van der Waals surface area contributed by atoms with Crippen molar-refractivity contribution >= 4 is 28.9 Å². The maximum absolute atomic E-state index is 13.6. The van der Waals surface area contributed by atoms with Gasteiger partial charge in [0.05, 0.1) is 18.0 Å². The van der Waals surface area contributed by atoms with Crippen molar-refractivity contribution < 1.29 is 23.8 Å². The summed E-state index contributed by atoms with van der Waals surface area (Å²) in [5.74, 6) is 0.526. The van der Waals surface area contributed by atoms with Gasteiger partial charge in [-0.05, 0) is 53.8 Å². The average Bonchev–Trinajstić information content (AvgIpc) is 2.95. The van der Waals surface area contributed by atoms with Crippen LogP contribution in [0.3, 0.4) is 0 Å². The summed E-state index contributed by atoms with van der Waals surface area (Å²) < 4.78 is 10.8. The van der Waals surface area contributed by atoms with Crippen LogP contribution in [-0.4, -0.2) is 53.7 Å². The van der Waals surface area contributed by atoms with Gasteiger partial charge >= 0.3 is 11.7 Å². The number of aromatic nitrogens is 1. The lowest BCUT2D eigenvalue weighted by molar-refractivity contribution is -0.130. The molecule has 4 aromatic rings. The summed E-state index contributed by atoms with van der Waals surface area (Å²) in [4.78, 5) is 43.6. The lowest BCUT2D eigenvalue weighted by atomic mass is 10.0. The number of rotatable bonds is 11. The highest BCUT2D eigenvalue weighted by Gasteiger charge is 2.25. The molecule has 208 valence electrons. The number of hydrogen-bond donors (Lipinski definition) is 3. The molecular formula is C30H32N4O6. The second-order valence-corrected chi connectivity index (χ2v) is 9.45. The Morgan fingerprint density at radius 1 is 1.05 bits per heavy atom. The summed E-state index contributed by atoms with van der Waals surface area (Å²) in [5, 5.41) is 14.5. The Labute approximate surface area is 231 Å². The monoisotopic (exact) mass is 544 g/mol. The average molecular weight is 545 g/mol. The molecule has 0 unspecified atom stereocenters. The van der Waals surface area contributed by atoms with E-state index < -0.39 is 17.8 Å². The van der Waals surface area contributed by atoms with Crippen molar-refractivity contribution in [2.24, 2.45) is 0 Å². The third-order valence-electron chi connectivity index (χ3n) is 6.75. The molecule has 4 rings (SSSR count). The van der Waals surface area contributed by atoms with Crippen molar-refractivity contribution in [3.05, 3.63) is 99.4 Å². The molecule has 0 aliphatic rings. The van der Waals surface area contributed by atoms with Gasteiger partial charge in [0.15, 0.2) is 0 Å². The van der Waals surface area contributed by atoms with Gasteiger partial charge in [0.1, 0.15) is 11.8 Å². The van der Waals surface area contributed by atoms with Crippen LogP contribution in [0.2, 0.25) is 0 Å². The molecule has 10 nitrogen and oxygen atoms in total. The molecule has 1 aromatic heterocycles. The van der Waals surface area contributed by atoms with E-state index in [0.717, 1.165) is 11.1 Å². The molecule has 0 bridgehead atoms. The van der Waals surface area contributed by atoms with E-state index in [-0.39, 0.29) is 23.9 Å². The molecule has 0 aliphatic heterocycles. The van der Waals surface area contributed by atoms with Crippen LogP contribution in [0.15, 0.2) is 75.9 Å². The largest absolute Gasteiger partial charge is 0.497 e. The van der Waals surface area contributed by atoms with Gasteiger partial charge in [-0.15, -0.1) is 0 Å². The van der Waals surface area contributed by atoms with E-state index in [1.165, 1.54) is 0 Å². The van der Waals surface area contributed by atoms with Crippen LogP contribution in [0.4, 0.5) is 10.8 Å². The summed E-state index contributed by atoms with van der Waals surface area (Å²) in [6, 6.07) is 19.8. The number of aryl methyl sites for hydroxylation is 1. The van der Waals surface area contributed by atoms with Crippen molar-refractivity contribution in [1.82, 2.24) is 15.2 Å². The van der Waals surface area contributed by atoms with Gasteiger partial charge < -0.3 is 29.8 Å². The van der Waals surface area contributed by atoms with Crippen LogP contribution in [0.1, 0.15) is 22.3 Å². The van der Waals surface area contributed by atoms with Crippen LogP contribution < -0.4 is 21.0 Å². The van der Waals surface area contributed by atoms with Gasteiger partial charge in [-0.3, -0.25) is 4.79 Å². The first-order valence-electron chi connectivity index (χ1n) is 12.8. The molecular weight excluding hydrogens is 512 g/mol. The van der Waals surface area contributed by atoms with Crippen molar-refractivity contribution in [1.29, 1.82) is 0 Å². The normalized spacial score (nSPS) is 11.6. The van der Waals surface area contributed by atoms with E-state index in [4.69, 9.17) is 14.3 Å². The molecule has 1 heterocycles. The molecule has 0 spiro atoms. The lowest BCUT2D eigenvalue weighted by Gasteiger charge is -2.25. The van der Waals surface area contributed by atoms with E-state index in [1.807, 2.05) is 54.6 Å². The van der Waals surface area contributed by atoms with Gasteiger partial charge in [-0.1, -0.05) is 48.5 Å². The summed E-state index contributed by atoms with van der Waals surface area (Å²) in [6.07, 6.45) is -0.147. The maximum Gasteiger partial charge on any atom is 0.404 e. The molecule has 0 radical (unpaired) electrons. The first-order valence-corrected chi connectivity index (χ1v) is 12.8. The van der Waals surface area contributed by atoms with Crippen molar-refractivity contribution in [2.75, 3.05) is 26.0 Å². The molecule has 0 saturated carbocycles. The number of amides is 2. The number of ether oxygens (including phenoxy) is 1. The molecule has 3 N–H and O–H groups in total. The summed E-state index contributed by atoms with van der Waals surface area (Å²) >= 11 is 0. The van der Waals surface area contributed by atoms with E-state index in [1.54, 1.807) is 38.1 Å². The van der Waals surface area contributed by atoms with Crippen molar-refractivity contribution in [3.8, 4) is 5.75 Å². The van der Waals surface area contributed by atoms with Gasteiger partial charge in [-0.2, -0.15) is 4.98 Å². The number of methoxy groups -OCH3 is 1. The minimum absolute atomic E-state index is 0.0459. The molecule has 40 heavy (non-hydrogen) atoms. The fourth-order valence-corrected chi connectivity index (χ4v) is 4.45. The van der Waals surface area contributed by atoms with E-state index >= 15 is 0 Å². The molecule has 10 heteroatoms. The molecule has 2 amide bonds. The Kier molecular flexibility index (Phi) is 9.00. The van der Waals surface area contributed by atoms with Gasteiger partial charge in [0.25, 0.3) is 6.01 Å². The predicted molar refractivity (Wildman–Crippen MR) is 152 cm³/mol. The third kappa shape index (κ3) is 6.96. The Morgan fingerprint density at radius 2 is 1.77 bits per heavy atom. The Bertz CT molecular complexity index is 1540. The SMILES string of the molecule is COc1ccc(C[C@H](Nc2nc3ccc(CNC(=O)O)c(C)c3c(=O)o2)C(=O)N(C)CCc2ccccc2)cc1. The highest BCUT2D eigenvalue weighted by Crippen LogP contribution is 2.21. The highest BCUT2D eigenvalue weighted by molar-refractivity contribution is 5.85. The molecule has 3 aromatic carbocycles. The standard InChI is InChI=1S/C30H32N4O6/c1-19-22(18-31-30(37)38)11-14-24-26(19)28(36)40-29(32-24)33-25(17-21-9-12-23(39-3)13-10-21)27(35)34(2)16-15-20-7-5-4-6-8-20/h4-14,25,31H,15-18H2,1-3H3,(H,32,33)(H,37,38)/t25-/m0/s1. The topological polar surface area (TPSA) is 134 Å². The van der Waals surface area contributed by atoms with Gasteiger partial charge in [0, 0.05) is 26.6 Å². The third-order valence-corrected chi connectivity index (χ3v) is 6.75. The Morgan fingerprint density at radius 3 is 2.45 bits per heavy atom. The van der Waals surface area contributed by atoms with Gasteiger partial charge in [0.2, 0.25) is 5.91 Å². The van der Waals surface area contributed by atoms with Crippen molar-refractivity contribution in [2.45, 2.75) is 32.4 Å². The fourth-order valence-electron chi connectivity index (χ4n) is 4.45. The first kappa shape index (κ1) is 28.2. The number of likely N-dealkylation sites (N-methyl/N-ethyl adjacent to an activating group) is 1. The lowest BCUT2D eigenvalue weighted by Crippen LogP contribution is -2.43. The van der Waals surface area contributed by atoms with Crippen LogP contribution in [0.5, 0.6) is 5.75 Å². The molecule has 0 aliphatic carbocycles. The summed E-state index contributed by atoms with van der Waals surface area (Å²) in [7, 11) is 3.33. The zero-order valence-corrected chi connectivity index (χ0v) is 22.6. The van der Waals surface area contributed by atoms with Crippen molar-refractivity contribution in [3.63, 3.8) is 0 Å². The number of nitrogens with one attached hydrogen (secondary N) is 2. The number of fused-ring (bicyclic) bond motifs is 1. The number of benzene rings is 3. The van der Waals surface area contributed by atoms with E-state index in [2.05, 4.69) is 15.6 Å². The summed E-state index contributed by atoms with van der Waals surface area (Å²) in [5.41, 5.74) is 2.97. The number of carbonyl (C=O) groups is 2. The number of carboxylic acid groups (broad SMARTS) is 1. The zero-order chi connectivity index (χ0) is 28.6. The number of carbonyl (C=O) groups excluding carboxylic acids is 1. The van der Waals surface area contributed by atoms with Gasteiger partial charge in [-0.25, -0.2) is 9.59 Å². The van der Waals surface area contributed by atoms with Crippen LogP contribution in [-0.2, 0) is 24.2 Å². The Balaban J connectivity index is 1.59. The molecule has 0 fully saturated rings. The van der Waals surface area contributed by atoms with E-state index in [9.17, 15) is 14.4 Å². The molecule has 0 saturated heterocycles. The predicted octanol–water partition coefficient (Wildman–Crippen LogP) is 4.00. The number of nitrogens with zero attached hydrogens (tertiary/aromatic N) is 2. The highest BCUT2D eigenvalue weighted by atomic mass is 16.5. The summed E-state index contributed by atoms with van der Waals surface area (Å²) in [6.45, 7) is 2.26. The minimum atomic E-state index is -1.16. The van der Waals surface area contributed by atoms with E-state index in [0.29, 0.717) is 41.8 Å². The molecule has 1 atom stereocenters.